The monoisotopic (exact) mass is 279 g/mol. The normalized spacial score (nSPS) is 11.7. The fourth-order valence-corrected chi connectivity index (χ4v) is 1.81. The first kappa shape index (κ1) is 15.7. The van der Waals surface area contributed by atoms with E-state index in [-0.39, 0.29) is 12.8 Å². The van der Waals surface area contributed by atoms with Crippen LogP contribution in [0, 0.1) is 0 Å². The van der Waals surface area contributed by atoms with Gasteiger partial charge in [-0.2, -0.15) is 0 Å². The number of hydrogen-bond donors (Lipinski definition) is 3. The van der Waals surface area contributed by atoms with Crippen molar-refractivity contribution in [3.63, 3.8) is 0 Å². The predicted octanol–water partition coefficient (Wildman–Crippen LogP) is 1.30. The molecule has 1 rings (SSSR count). The van der Waals surface area contributed by atoms with Gasteiger partial charge in [-0.1, -0.05) is 25.1 Å². The SMILES string of the molecule is CCc1ccccc1C(=O)NC(CCC(=O)O)C(=O)O. The van der Waals surface area contributed by atoms with Crippen LogP contribution < -0.4 is 5.32 Å². The van der Waals surface area contributed by atoms with Gasteiger partial charge < -0.3 is 15.5 Å². The summed E-state index contributed by atoms with van der Waals surface area (Å²) in [5.41, 5.74) is 1.23. The Balaban J connectivity index is 2.80. The summed E-state index contributed by atoms with van der Waals surface area (Å²) in [6, 6.07) is 5.70. The van der Waals surface area contributed by atoms with Gasteiger partial charge in [-0.25, -0.2) is 4.79 Å². The van der Waals surface area contributed by atoms with Crippen LogP contribution in [0.25, 0.3) is 0 Å². The first-order valence-corrected chi connectivity index (χ1v) is 6.29. The summed E-state index contributed by atoms with van der Waals surface area (Å²) in [5, 5.41) is 19.9. The molecular weight excluding hydrogens is 262 g/mol. The third kappa shape index (κ3) is 4.38. The first-order chi connectivity index (χ1) is 9.45. The maximum atomic E-state index is 12.1. The number of amides is 1. The molecule has 0 heterocycles. The van der Waals surface area contributed by atoms with Gasteiger partial charge in [-0.3, -0.25) is 9.59 Å². The minimum absolute atomic E-state index is 0.148. The summed E-state index contributed by atoms with van der Waals surface area (Å²) >= 11 is 0. The van der Waals surface area contributed by atoms with Gasteiger partial charge in [0.25, 0.3) is 5.91 Å². The number of nitrogens with one attached hydrogen (secondary N) is 1. The Hall–Kier alpha value is -2.37. The van der Waals surface area contributed by atoms with Crippen LogP contribution in [-0.4, -0.2) is 34.1 Å². The molecule has 0 fully saturated rings. The molecule has 0 bridgehead atoms. The third-order valence-electron chi connectivity index (χ3n) is 2.89. The number of aryl methyl sites for hydroxylation is 1. The zero-order chi connectivity index (χ0) is 15.1. The van der Waals surface area contributed by atoms with Crippen molar-refractivity contribution in [2.45, 2.75) is 32.2 Å². The molecule has 20 heavy (non-hydrogen) atoms. The Labute approximate surface area is 116 Å². The largest absolute Gasteiger partial charge is 0.481 e. The smallest absolute Gasteiger partial charge is 0.326 e. The average molecular weight is 279 g/mol. The second-order valence-electron chi connectivity index (χ2n) is 4.31. The second kappa shape index (κ2) is 7.28. The van der Waals surface area contributed by atoms with Crippen molar-refractivity contribution in [1.29, 1.82) is 0 Å². The highest BCUT2D eigenvalue weighted by molar-refractivity contribution is 5.97. The maximum absolute atomic E-state index is 12.1. The lowest BCUT2D eigenvalue weighted by atomic mass is 10.0. The van der Waals surface area contributed by atoms with Crippen molar-refractivity contribution in [1.82, 2.24) is 5.32 Å². The van der Waals surface area contributed by atoms with E-state index in [0.29, 0.717) is 12.0 Å². The van der Waals surface area contributed by atoms with E-state index in [2.05, 4.69) is 5.32 Å². The molecule has 6 heteroatoms. The van der Waals surface area contributed by atoms with Gasteiger partial charge in [0.15, 0.2) is 0 Å². The summed E-state index contributed by atoms with van der Waals surface area (Å²) < 4.78 is 0. The molecule has 3 N–H and O–H groups in total. The minimum atomic E-state index is -1.24. The Morgan fingerprint density at radius 2 is 1.85 bits per heavy atom. The number of carboxylic acid groups (broad SMARTS) is 2. The Morgan fingerprint density at radius 1 is 1.20 bits per heavy atom. The van der Waals surface area contributed by atoms with E-state index >= 15 is 0 Å². The summed E-state index contributed by atoms with van der Waals surface area (Å²) in [5.74, 6) is -2.84. The molecule has 1 amide bonds. The number of carbonyl (C=O) groups is 3. The number of carbonyl (C=O) groups excluding carboxylic acids is 1. The summed E-state index contributed by atoms with van der Waals surface area (Å²) in [6.07, 6.45) is 0.188. The van der Waals surface area contributed by atoms with Gasteiger partial charge in [-0.05, 0) is 24.5 Å². The molecule has 0 saturated carbocycles. The number of benzene rings is 1. The van der Waals surface area contributed by atoms with Crippen molar-refractivity contribution in [3.8, 4) is 0 Å². The molecule has 0 aliphatic carbocycles. The molecular formula is C14H17NO5. The number of rotatable bonds is 7. The van der Waals surface area contributed by atoms with Crippen molar-refractivity contribution in [2.75, 3.05) is 0 Å². The van der Waals surface area contributed by atoms with Crippen LogP contribution in [0.3, 0.4) is 0 Å². The molecule has 0 saturated heterocycles. The third-order valence-corrected chi connectivity index (χ3v) is 2.89. The van der Waals surface area contributed by atoms with Crippen molar-refractivity contribution in [2.24, 2.45) is 0 Å². The number of carboxylic acids is 2. The van der Waals surface area contributed by atoms with Gasteiger partial charge >= 0.3 is 11.9 Å². The predicted molar refractivity (Wildman–Crippen MR) is 71.6 cm³/mol. The highest BCUT2D eigenvalue weighted by Gasteiger charge is 2.22. The van der Waals surface area contributed by atoms with Crippen LogP contribution >= 0.6 is 0 Å². The van der Waals surface area contributed by atoms with Gasteiger partial charge in [0, 0.05) is 12.0 Å². The van der Waals surface area contributed by atoms with Crippen LogP contribution in [0.4, 0.5) is 0 Å². The Morgan fingerprint density at radius 3 is 2.40 bits per heavy atom. The number of hydrogen-bond acceptors (Lipinski definition) is 3. The molecule has 1 aromatic rings. The van der Waals surface area contributed by atoms with E-state index < -0.39 is 23.9 Å². The first-order valence-electron chi connectivity index (χ1n) is 6.29. The van der Waals surface area contributed by atoms with E-state index in [9.17, 15) is 14.4 Å². The molecule has 1 aromatic carbocycles. The topological polar surface area (TPSA) is 104 Å². The molecule has 6 nitrogen and oxygen atoms in total. The minimum Gasteiger partial charge on any atom is -0.481 e. The van der Waals surface area contributed by atoms with Crippen LogP contribution in [0.1, 0.15) is 35.7 Å². The van der Waals surface area contributed by atoms with Gasteiger partial charge in [0.05, 0.1) is 0 Å². The molecule has 0 radical (unpaired) electrons. The van der Waals surface area contributed by atoms with Crippen LogP contribution in [0.2, 0.25) is 0 Å². The lowest BCUT2D eigenvalue weighted by Crippen LogP contribution is -2.41. The van der Waals surface area contributed by atoms with E-state index in [1.807, 2.05) is 6.92 Å². The quantitative estimate of drug-likeness (QED) is 0.698. The fourth-order valence-electron chi connectivity index (χ4n) is 1.81. The van der Waals surface area contributed by atoms with E-state index in [0.717, 1.165) is 5.56 Å². The van der Waals surface area contributed by atoms with Gasteiger partial charge in [0.1, 0.15) is 6.04 Å². The molecule has 1 unspecified atom stereocenters. The Kier molecular flexibility index (Phi) is 5.71. The maximum Gasteiger partial charge on any atom is 0.326 e. The van der Waals surface area contributed by atoms with Crippen molar-refractivity contribution >= 4 is 17.8 Å². The van der Waals surface area contributed by atoms with Gasteiger partial charge in [-0.15, -0.1) is 0 Å². The van der Waals surface area contributed by atoms with Crippen LogP contribution in [0.15, 0.2) is 24.3 Å². The van der Waals surface area contributed by atoms with E-state index in [1.54, 1.807) is 24.3 Å². The van der Waals surface area contributed by atoms with E-state index in [1.165, 1.54) is 0 Å². The molecule has 1 atom stereocenters. The molecule has 0 aliphatic rings. The van der Waals surface area contributed by atoms with Crippen molar-refractivity contribution in [3.05, 3.63) is 35.4 Å². The molecule has 0 spiro atoms. The van der Waals surface area contributed by atoms with Crippen LogP contribution in [0.5, 0.6) is 0 Å². The second-order valence-corrected chi connectivity index (χ2v) is 4.31. The highest BCUT2D eigenvalue weighted by atomic mass is 16.4. The zero-order valence-electron chi connectivity index (χ0n) is 11.1. The van der Waals surface area contributed by atoms with E-state index in [4.69, 9.17) is 10.2 Å². The summed E-state index contributed by atoms with van der Waals surface area (Å²) in [6.45, 7) is 1.89. The number of aliphatic carboxylic acids is 2. The standard InChI is InChI=1S/C14H17NO5/c1-2-9-5-3-4-6-10(9)13(18)15-11(14(19)20)7-8-12(16)17/h3-6,11H,2,7-8H2,1H3,(H,15,18)(H,16,17)(H,19,20). The Bertz CT molecular complexity index is 512. The lowest BCUT2D eigenvalue weighted by Gasteiger charge is -2.15. The molecule has 0 aromatic heterocycles. The lowest BCUT2D eigenvalue weighted by molar-refractivity contribution is -0.140. The highest BCUT2D eigenvalue weighted by Crippen LogP contribution is 2.10. The molecule has 108 valence electrons. The average Bonchev–Trinajstić information content (AvgIpc) is 2.42. The van der Waals surface area contributed by atoms with Gasteiger partial charge in [0.2, 0.25) is 0 Å². The van der Waals surface area contributed by atoms with Crippen molar-refractivity contribution < 1.29 is 24.6 Å². The summed E-state index contributed by atoms with van der Waals surface area (Å²) in [4.78, 5) is 33.6. The zero-order valence-corrected chi connectivity index (χ0v) is 11.1. The summed E-state index contributed by atoms with van der Waals surface area (Å²) in [7, 11) is 0. The molecule has 0 aliphatic heterocycles. The fraction of sp³-hybridized carbons (Fsp3) is 0.357. The van der Waals surface area contributed by atoms with Crippen LogP contribution in [-0.2, 0) is 16.0 Å².